The highest BCUT2D eigenvalue weighted by Gasteiger charge is 2.33. The van der Waals surface area contributed by atoms with Gasteiger partial charge in [0.05, 0.1) is 17.5 Å². The monoisotopic (exact) mass is 421 g/mol. The van der Waals surface area contributed by atoms with Crippen molar-refractivity contribution in [2.45, 2.75) is 63.6 Å². The average molecular weight is 422 g/mol. The molecule has 0 radical (unpaired) electrons. The molecule has 2 fully saturated rings. The molecule has 0 saturated carbocycles. The summed E-state index contributed by atoms with van der Waals surface area (Å²) in [6.45, 7) is 3.41. The average Bonchev–Trinajstić information content (AvgIpc) is 3.18. The maximum atomic E-state index is 12.9. The molecular weight excluding hydrogens is 394 g/mol. The largest absolute Gasteiger partial charge is 0.367 e. The quantitative estimate of drug-likeness (QED) is 0.628. The second-order valence-corrected chi connectivity index (χ2v) is 8.95. The molecule has 3 aliphatic heterocycles. The van der Waals surface area contributed by atoms with Gasteiger partial charge in [-0.05, 0) is 50.4 Å². The summed E-state index contributed by atoms with van der Waals surface area (Å²) in [4.78, 5) is 24.9. The van der Waals surface area contributed by atoms with Crippen molar-refractivity contribution < 1.29 is 9.26 Å². The predicted molar refractivity (Wildman–Crippen MR) is 115 cm³/mol. The van der Waals surface area contributed by atoms with Crippen LogP contribution in [0.4, 0.5) is 0 Å². The lowest BCUT2D eigenvalue weighted by molar-refractivity contribution is -0.0805. The molecule has 2 saturated heterocycles. The van der Waals surface area contributed by atoms with Gasteiger partial charge in [-0.1, -0.05) is 18.0 Å². The first-order chi connectivity index (χ1) is 15.3. The smallest absolute Gasteiger partial charge is 0.261 e. The van der Waals surface area contributed by atoms with E-state index < -0.39 is 0 Å². The minimum absolute atomic E-state index is 0.0476. The van der Waals surface area contributed by atoms with Crippen molar-refractivity contribution in [3.05, 3.63) is 40.2 Å². The van der Waals surface area contributed by atoms with Crippen LogP contribution in [-0.4, -0.2) is 50.3 Å². The molecule has 2 aromatic heterocycles. The molecule has 5 heterocycles. The first-order valence-corrected chi connectivity index (χ1v) is 11.5. The third-order valence-corrected chi connectivity index (χ3v) is 6.93. The summed E-state index contributed by atoms with van der Waals surface area (Å²) in [6.07, 6.45) is 7.66. The molecule has 2 atom stereocenters. The Bertz CT molecular complexity index is 1170. The van der Waals surface area contributed by atoms with Crippen LogP contribution in [0, 0.1) is 0 Å². The minimum atomic E-state index is -0.161. The molecule has 3 aliphatic rings. The van der Waals surface area contributed by atoms with Crippen LogP contribution in [0.1, 0.15) is 56.3 Å². The highest BCUT2D eigenvalue weighted by Crippen LogP contribution is 2.30. The third kappa shape index (κ3) is 3.47. The zero-order chi connectivity index (χ0) is 20.8. The van der Waals surface area contributed by atoms with Gasteiger partial charge in [-0.2, -0.15) is 4.98 Å². The van der Waals surface area contributed by atoms with Crippen LogP contribution in [0.5, 0.6) is 0 Å². The molecule has 162 valence electrons. The number of piperidine rings is 1. The van der Waals surface area contributed by atoms with Crippen molar-refractivity contribution in [2.24, 2.45) is 0 Å². The SMILES string of the molecule is O=c1c2ccc(-c3nc([C@H]4CN5CCCCC5CO4)no3)cc2nc2n1CCCCC2. The van der Waals surface area contributed by atoms with Crippen molar-refractivity contribution in [1.82, 2.24) is 24.6 Å². The Morgan fingerprint density at radius 1 is 1.03 bits per heavy atom. The van der Waals surface area contributed by atoms with E-state index in [2.05, 4.69) is 15.0 Å². The van der Waals surface area contributed by atoms with Crippen LogP contribution in [-0.2, 0) is 17.7 Å². The molecule has 0 spiro atoms. The molecular formula is C23H27N5O3. The second-order valence-electron chi connectivity index (χ2n) is 8.95. The van der Waals surface area contributed by atoms with Crippen molar-refractivity contribution in [3.8, 4) is 11.5 Å². The van der Waals surface area contributed by atoms with Crippen molar-refractivity contribution in [2.75, 3.05) is 19.7 Å². The number of benzene rings is 1. The van der Waals surface area contributed by atoms with Gasteiger partial charge in [-0.15, -0.1) is 0 Å². The Labute approximate surface area is 180 Å². The van der Waals surface area contributed by atoms with Gasteiger partial charge >= 0.3 is 0 Å². The molecule has 0 bridgehead atoms. The van der Waals surface area contributed by atoms with Gasteiger partial charge in [-0.25, -0.2) is 4.98 Å². The maximum Gasteiger partial charge on any atom is 0.261 e. The van der Waals surface area contributed by atoms with Gasteiger partial charge in [0.1, 0.15) is 11.9 Å². The first kappa shape index (κ1) is 19.1. The molecule has 6 rings (SSSR count). The van der Waals surface area contributed by atoms with E-state index in [4.69, 9.17) is 14.2 Å². The van der Waals surface area contributed by atoms with Gasteiger partial charge in [0.15, 0.2) is 0 Å². The zero-order valence-electron chi connectivity index (χ0n) is 17.6. The Balaban J connectivity index is 1.29. The lowest BCUT2D eigenvalue weighted by Crippen LogP contribution is -2.49. The summed E-state index contributed by atoms with van der Waals surface area (Å²) in [5.41, 5.74) is 1.52. The molecule has 0 amide bonds. The van der Waals surface area contributed by atoms with Gasteiger partial charge in [0.25, 0.3) is 11.4 Å². The van der Waals surface area contributed by atoms with E-state index in [1.165, 1.54) is 19.3 Å². The molecule has 3 aromatic rings. The fourth-order valence-electron chi connectivity index (χ4n) is 5.17. The van der Waals surface area contributed by atoms with Gasteiger partial charge in [0, 0.05) is 31.1 Å². The fourth-order valence-corrected chi connectivity index (χ4v) is 5.17. The maximum absolute atomic E-state index is 12.9. The topological polar surface area (TPSA) is 86.3 Å². The minimum Gasteiger partial charge on any atom is -0.367 e. The second kappa shape index (κ2) is 7.84. The lowest BCUT2D eigenvalue weighted by atomic mass is 10.0. The van der Waals surface area contributed by atoms with Crippen molar-refractivity contribution >= 4 is 10.9 Å². The number of rotatable bonds is 2. The predicted octanol–water partition coefficient (Wildman–Crippen LogP) is 3.10. The van der Waals surface area contributed by atoms with E-state index in [9.17, 15) is 4.79 Å². The Kier molecular flexibility index (Phi) is 4.84. The van der Waals surface area contributed by atoms with Gasteiger partial charge in [0.2, 0.25) is 5.82 Å². The highest BCUT2D eigenvalue weighted by molar-refractivity contribution is 5.82. The summed E-state index contributed by atoms with van der Waals surface area (Å²) in [7, 11) is 0. The van der Waals surface area contributed by atoms with E-state index in [0.717, 1.165) is 63.3 Å². The number of fused-ring (bicyclic) bond motifs is 3. The van der Waals surface area contributed by atoms with E-state index in [1.807, 2.05) is 22.8 Å². The van der Waals surface area contributed by atoms with E-state index in [1.54, 1.807) is 0 Å². The molecule has 8 heteroatoms. The molecule has 0 aliphatic carbocycles. The van der Waals surface area contributed by atoms with Gasteiger partial charge in [-0.3, -0.25) is 14.3 Å². The summed E-state index contributed by atoms with van der Waals surface area (Å²) in [5.74, 6) is 1.91. The normalized spacial score (nSPS) is 24.5. The van der Waals surface area contributed by atoms with Gasteiger partial charge < -0.3 is 9.26 Å². The number of ether oxygens (including phenoxy) is 1. The molecule has 1 unspecified atom stereocenters. The van der Waals surface area contributed by atoms with Crippen LogP contribution in [0.25, 0.3) is 22.4 Å². The van der Waals surface area contributed by atoms with Crippen LogP contribution in [0.15, 0.2) is 27.5 Å². The first-order valence-electron chi connectivity index (χ1n) is 11.5. The molecule has 0 N–H and O–H groups in total. The van der Waals surface area contributed by atoms with E-state index >= 15 is 0 Å². The van der Waals surface area contributed by atoms with E-state index in [0.29, 0.717) is 28.7 Å². The van der Waals surface area contributed by atoms with Crippen LogP contribution >= 0.6 is 0 Å². The number of hydrogen-bond acceptors (Lipinski definition) is 7. The molecule has 1 aromatic carbocycles. The summed E-state index contributed by atoms with van der Waals surface area (Å²) in [5, 5.41) is 4.85. The number of aryl methyl sites for hydroxylation is 1. The number of hydrogen-bond donors (Lipinski definition) is 0. The number of nitrogens with zero attached hydrogens (tertiary/aromatic N) is 5. The molecule has 31 heavy (non-hydrogen) atoms. The van der Waals surface area contributed by atoms with Crippen molar-refractivity contribution in [3.63, 3.8) is 0 Å². The zero-order valence-corrected chi connectivity index (χ0v) is 17.6. The highest BCUT2D eigenvalue weighted by atomic mass is 16.5. The standard InChI is InChI=1S/C23H27N5O3/c29-23-17-9-8-15(12-18(17)24-20-7-2-1-4-11-28(20)23)22-25-21(26-31-22)19-13-27-10-5-3-6-16(27)14-30-19/h8-9,12,16,19H,1-7,10-11,13-14H2/t16?,19-/m1/s1. The van der Waals surface area contributed by atoms with Crippen LogP contribution < -0.4 is 5.56 Å². The third-order valence-electron chi connectivity index (χ3n) is 6.93. The van der Waals surface area contributed by atoms with Crippen LogP contribution in [0.2, 0.25) is 0 Å². The Hall–Kier alpha value is -2.58. The summed E-state index contributed by atoms with van der Waals surface area (Å²) >= 11 is 0. The number of morpholine rings is 1. The van der Waals surface area contributed by atoms with Crippen LogP contribution in [0.3, 0.4) is 0 Å². The Morgan fingerprint density at radius 3 is 2.94 bits per heavy atom. The lowest BCUT2D eigenvalue weighted by Gasteiger charge is -2.41. The van der Waals surface area contributed by atoms with Crippen molar-refractivity contribution in [1.29, 1.82) is 0 Å². The number of aromatic nitrogens is 4. The summed E-state index contributed by atoms with van der Waals surface area (Å²) in [6, 6.07) is 6.12. The van der Waals surface area contributed by atoms with E-state index in [-0.39, 0.29) is 11.7 Å². The Morgan fingerprint density at radius 2 is 1.97 bits per heavy atom. The molecule has 8 nitrogen and oxygen atoms in total. The fraction of sp³-hybridized carbons (Fsp3) is 0.565. The summed E-state index contributed by atoms with van der Waals surface area (Å²) < 4.78 is 13.5.